The van der Waals surface area contributed by atoms with Crippen molar-refractivity contribution in [3.63, 3.8) is 0 Å². The lowest BCUT2D eigenvalue weighted by Crippen LogP contribution is -2.44. The highest BCUT2D eigenvalue weighted by Gasteiger charge is 2.35. The molecule has 28 heavy (non-hydrogen) atoms. The number of nitrogens with zero attached hydrogens (tertiary/aromatic N) is 1. The van der Waals surface area contributed by atoms with Gasteiger partial charge < -0.3 is 15.0 Å². The summed E-state index contributed by atoms with van der Waals surface area (Å²) in [6.07, 6.45) is 0. The number of anilines is 1. The number of nitrogens with one attached hydrogen (secondary N) is 1. The van der Waals surface area contributed by atoms with Crippen LogP contribution in [0.5, 0.6) is 5.75 Å². The fourth-order valence-electron chi connectivity index (χ4n) is 2.61. The first kappa shape index (κ1) is 20.7. The zero-order valence-electron chi connectivity index (χ0n) is 14.2. The Kier molecular flexibility index (Phi) is 6.64. The van der Waals surface area contributed by atoms with E-state index in [9.17, 15) is 18.4 Å². The highest BCUT2D eigenvalue weighted by molar-refractivity contribution is 7.99. The molecule has 0 aromatic heterocycles. The Morgan fingerprint density at radius 1 is 1.18 bits per heavy atom. The average molecular weight is 447 g/mol. The molecule has 1 aliphatic rings. The minimum absolute atomic E-state index is 0.0620. The molecule has 10 heteroatoms. The number of carbonyl (C=O) groups excluding carboxylic acids is 2. The molecule has 0 bridgehead atoms. The average Bonchev–Trinajstić information content (AvgIpc) is 3.13. The van der Waals surface area contributed by atoms with Crippen molar-refractivity contribution in [3.8, 4) is 5.75 Å². The van der Waals surface area contributed by atoms with Gasteiger partial charge in [0, 0.05) is 22.0 Å². The quantitative estimate of drug-likeness (QED) is 0.719. The summed E-state index contributed by atoms with van der Waals surface area (Å²) in [7, 11) is 0. The minimum atomic E-state index is -3.00. The maximum atomic E-state index is 12.7. The standard InChI is InChI=1S/C18H14Cl2F2N2O3S/c19-11-3-1-10(2-4-11)17(26)24-9-28-8-14(24)16(25)23-12-5-6-15(13(20)7-12)27-18(21)22/h1-7,14,18H,8-9H2,(H,23,25). The van der Waals surface area contributed by atoms with Crippen LogP contribution in [0.25, 0.3) is 0 Å². The van der Waals surface area contributed by atoms with Crippen LogP contribution in [0.3, 0.4) is 0 Å². The smallest absolute Gasteiger partial charge is 0.387 e. The lowest BCUT2D eigenvalue weighted by molar-refractivity contribution is -0.119. The molecule has 3 rings (SSSR count). The molecule has 148 valence electrons. The highest BCUT2D eigenvalue weighted by atomic mass is 35.5. The first-order valence-corrected chi connectivity index (χ1v) is 9.95. The van der Waals surface area contributed by atoms with Crippen molar-refractivity contribution in [2.45, 2.75) is 12.7 Å². The van der Waals surface area contributed by atoms with Gasteiger partial charge in [0.25, 0.3) is 5.91 Å². The summed E-state index contributed by atoms with van der Waals surface area (Å²) in [5.41, 5.74) is 0.744. The summed E-state index contributed by atoms with van der Waals surface area (Å²) in [4.78, 5) is 26.8. The van der Waals surface area contributed by atoms with Crippen LogP contribution in [0.4, 0.5) is 14.5 Å². The molecule has 1 N–H and O–H groups in total. The Labute approximate surface area is 173 Å². The molecule has 1 aliphatic heterocycles. The Morgan fingerprint density at radius 2 is 1.89 bits per heavy atom. The number of rotatable bonds is 5. The maximum absolute atomic E-state index is 12.7. The zero-order valence-corrected chi connectivity index (χ0v) is 16.5. The molecule has 1 unspecified atom stereocenters. The number of halogens is 4. The Morgan fingerprint density at radius 3 is 2.54 bits per heavy atom. The van der Waals surface area contributed by atoms with Gasteiger partial charge in [0.1, 0.15) is 11.8 Å². The van der Waals surface area contributed by atoms with E-state index in [4.69, 9.17) is 23.2 Å². The predicted octanol–water partition coefficient (Wildman–Crippen LogP) is 4.75. The van der Waals surface area contributed by atoms with Crippen LogP contribution in [-0.4, -0.2) is 41.0 Å². The number of amides is 2. The fourth-order valence-corrected chi connectivity index (χ4v) is 4.12. The summed E-state index contributed by atoms with van der Waals surface area (Å²) in [5, 5.41) is 3.11. The van der Waals surface area contributed by atoms with E-state index in [1.807, 2.05) is 0 Å². The summed E-state index contributed by atoms with van der Waals surface area (Å²) in [6, 6.07) is 9.69. The second-order valence-electron chi connectivity index (χ2n) is 5.81. The second kappa shape index (κ2) is 8.98. The van der Waals surface area contributed by atoms with Crippen LogP contribution in [-0.2, 0) is 4.79 Å². The van der Waals surface area contributed by atoms with Gasteiger partial charge >= 0.3 is 6.61 Å². The van der Waals surface area contributed by atoms with Crippen LogP contribution in [0, 0.1) is 0 Å². The van der Waals surface area contributed by atoms with Crippen LogP contribution in [0.2, 0.25) is 10.0 Å². The van der Waals surface area contributed by atoms with E-state index in [0.717, 1.165) is 0 Å². The minimum Gasteiger partial charge on any atom is -0.433 e. The number of ether oxygens (including phenoxy) is 1. The molecule has 2 aromatic rings. The van der Waals surface area contributed by atoms with Crippen molar-refractivity contribution < 1.29 is 23.1 Å². The molecule has 1 heterocycles. The molecule has 1 atom stereocenters. The molecule has 0 aliphatic carbocycles. The van der Waals surface area contributed by atoms with Gasteiger partial charge in [0.2, 0.25) is 5.91 Å². The first-order valence-electron chi connectivity index (χ1n) is 8.04. The summed E-state index contributed by atoms with van der Waals surface area (Å²) < 4.78 is 28.9. The van der Waals surface area contributed by atoms with E-state index in [-0.39, 0.29) is 16.7 Å². The fraction of sp³-hybridized carbons (Fsp3) is 0.222. The lowest BCUT2D eigenvalue weighted by atomic mass is 10.1. The van der Waals surface area contributed by atoms with Gasteiger partial charge in [-0.3, -0.25) is 9.59 Å². The third kappa shape index (κ3) is 4.87. The molecule has 0 radical (unpaired) electrons. The number of carbonyl (C=O) groups is 2. The monoisotopic (exact) mass is 446 g/mol. The van der Waals surface area contributed by atoms with E-state index in [1.165, 1.54) is 34.9 Å². The van der Waals surface area contributed by atoms with E-state index >= 15 is 0 Å². The van der Waals surface area contributed by atoms with Crippen molar-refractivity contribution in [1.82, 2.24) is 4.90 Å². The molecule has 5 nitrogen and oxygen atoms in total. The summed E-state index contributed by atoms with van der Waals surface area (Å²) in [6.45, 7) is -3.00. The largest absolute Gasteiger partial charge is 0.433 e. The Hall–Kier alpha value is -2.03. The van der Waals surface area contributed by atoms with Gasteiger partial charge in [0.15, 0.2) is 0 Å². The van der Waals surface area contributed by atoms with Crippen LogP contribution in [0.15, 0.2) is 42.5 Å². The maximum Gasteiger partial charge on any atom is 0.387 e. The van der Waals surface area contributed by atoms with E-state index in [2.05, 4.69) is 10.1 Å². The van der Waals surface area contributed by atoms with Crippen molar-refractivity contribution in [3.05, 3.63) is 58.1 Å². The van der Waals surface area contributed by atoms with Gasteiger partial charge in [-0.25, -0.2) is 0 Å². The van der Waals surface area contributed by atoms with E-state index < -0.39 is 18.6 Å². The molecule has 0 spiro atoms. The Balaban J connectivity index is 1.70. The third-order valence-electron chi connectivity index (χ3n) is 3.95. The molecular formula is C18H14Cl2F2N2O3S. The number of hydrogen-bond donors (Lipinski definition) is 1. The number of thioether (sulfide) groups is 1. The van der Waals surface area contributed by atoms with Crippen LogP contribution in [0.1, 0.15) is 10.4 Å². The zero-order chi connectivity index (χ0) is 20.3. The SMILES string of the molecule is O=C(Nc1ccc(OC(F)F)c(Cl)c1)C1CSCN1C(=O)c1ccc(Cl)cc1. The van der Waals surface area contributed by atoms with Gasteiger partial charge in [0.05, 0.1) is 10.9 Å². The van der Waals surface area contributed by atoms with Gasteiger partial charge in [-0.15, -0.1) is 11.8 Å². The van der Waals surface area contributed by atoms with Gasteiger partial charge in [-0.2, -0.15) is 8.78 Å². The van der Waals surface area contributed by atoms with Gasteiger partial charge in [-0.05, 0) is 42.5 Å². The topological polar surface area (TPSA) is 58.6 Å². The number of benzene rings is 2. The van der Waals surface area contributed by atoms with E-state index in [1.54, 1.807) is 24.3 Å². The molecule has 2 aromatic carbocycles. The molecule has 1 fully saturated rings. The first-order chi connectivity index (χ1) is 13.3. The molecule has 1 saturated heterocycles. The number of alkyl halides is 2. The summed E-state index contributed by atoms with van der Waals surface area (Å²) in [5.74, 6) is -0.0514. The summed E-state index contributed by atoms with van der Waals surface area (Å²) >= 11 is 13.2. The highest BCUT2D eigenvalue weighted by Crippen LogP contribution is 2.30. The van der Waals surface area contributed by atoms with Crippen LogP contribution >= 0.6 is 35.0 Å². The number of hydrogen-bond acceptors (Lipinski definition) is 4. The van der Waals surface area contributed by atoms with Crippen molar-refractivity contribution >= 4 is 52.5 Å². The van der Waals surface area contributed by atoms with E-state index in [0.29, 0.717) is 27.9 Å². The molecule has 0 saturated carbocycles. The van der Waals surface area contributed by atoms with Crippen molar-refractivity contribution in [1.29, 1.82) is 0 Å². The van der Waals surface area contributed by atoms with Crippen LogP contribution < -0.4 is 10.1 Å². The lowest BCUT2D eigenvalue weighted by Gasteiger charge is -2.23. The Bertz CT molecular complexity index is 884. The molecular weight excluding hydrogens is 433 g/mol. The second-order valence-corrected chi connectivity index (χ2v) is 7.65. The van der Waals surface area contributed by atoms with Crippen molar-refractivity contribution in [2.75, 3.05) is 16.9 Å². The van der Waals surface area contributed by atoms with Crippen molar-refractivity contribution in [2.24, 2.45) is 0 Å². The predicted molar refractivity (Wildman–Crippen MR) is 105 cm³/mol. The van der Waals surface area contributed by atoms with Gasteiger partial charge in [-0.1, -0.05) is 23.2 Å². The third-order valence-corrected chi connectivity index (χ3v) is 5.51. The molecule has 2 amide bonds. The normalized spacial score (nSPS) is 16.3.